The van der Waals surface area contributed by atoms with Gasteiger partial charge < -0.3 is 0 Å². The van der Waals surface area contributed by atoms with Crippen molar-refractivity contribution in [1.82, 2.24) is 14.9 Å². The van der Waals surface area contributed by atoms with E-state index in [-0.39, 0.29) is 18.4 Å². The molecule has 0 fully saturated rings. The van der Waals surface area contributed by atoms with E-state index in [2.05, 4.69) is 16.0 Å². The van der Waals surface area contributed by atoms with Gasteiger partial charge in [0.2, 0.25) is 0 Å². The minimum atomic E-state index is -0.272. The molecule has 0 saturated heterocycles. The van der Waals surface area contributed by atoms with Crippen molar-refractivity contribution in [2.24, 2.45) is 0 Å². The van der Waals surface area contributed by atoms with Crippen LogP contribution < -0.4 is 0 Å². The van der Waals surface area contributed by atoms with E-state index in [1.165, 1.54) is 16.7 Å². The zero-order chi connectivity index (χ0) is 17.3. The largest absolute Gasteiger partial charge is 0.273 e. The number of carbonyl (C=O) groups is 2. The van der Waals surface area contributed by atoms with Crippen molar-refractivity contribution in [2.75, 3.05) is 12.3 Å². The molecule has 2 heterocycles. The number of hydrogen-bond donors (Lipinski definition) is 0. The first-order valence-corrected chi connectivity index (χ1v) is 8.35. The lowest BCUT2D eigenvalue weighted by Crippen LogP contribution is -2.31. The van der Waals surface area contributed by atoms with Gasteiger partial charge in [-0.05, 0) is 26.0 Å². The predicted octanol–water partition coefficient (Wildman–Crippen LogP) is 2.35. The van der Waals surface area contributed by atoms with E-state index < -0.39 is 0 Å². The maximum Gasteiger partial charge on any atom is 0.261 e. The third-order valence-electron chi connectivity index (χ3n) is 3.71. The first kappa shape index (κ1) is 16.1. The molecule has 0 radical (unpaired) electrons. The number of imide groups is 1. The molecule has 1 aliphatic heterocycles. The van der Waals surface area contributed by atoms with Gasteiger partial charge in [0.25, 0.3) is 11.8 Å². The molecule has 7 heteroatoms. The third kappa shape index (κ3) is 2.76. The first-order chi connectivity index (χ1) is 11.5. The molecule has 0 spiro atoms. The fourth-order valence-electron chi connectivity index (χ4n) is 2.59. The van der Waals surface area contributed by atoms with Crippen LogP contribution in [0.25, 0.3) is 0 Å². The summed E-state index contributed by atoms with van der Waals surface area (Å²) >= 11 is 1.35. The Morgan fingerprint density at radius 2 is 1.75 bits per heavy atom. The maximum atomic E-state index is 12.3. The van der Waals surface area contributed by atoms with Gasteiger partial charge in [0.05, 0.1) is 16.8 Å². The number of nitrogens with zero attached hydrogens (tertiary/aromatic N) is 4. The topological polar surface area (TPSA) is 87.0 Å². The fourth-order valence-corrected chi connectivity index (χ4v) is 3.59. The van der Waals surface area contributed by atoms with Gasteiger partial charge in [-0.1, -0.05) is 12.1 Å². The molecule has 120 valence electrons. The van der Waals surface area contributed by atoms with Crippen LogP contribution in [-0.4, -0.2) is 39.0 Å². The summed E-state index contributed by atoms with van der Waals surface area (Å²) in [5.41, 5.74) is 1.96. The maximum absolute atomic E-state index is 12.3. The Balaban J connectivity index is 1.72. The van der Waals surface area contributed by atoms with E-state index in [4.69, 9.17) is 0 Å². The minimum absolute atomic E-state index is 0.268. The van der Waals surface area contributed by atoms with Crippen molar-refractivity contribution in [2.45, 2.75) is 18.9 Å². The number of amides is 2. The number of thioether (sulfide) groups is 1. The highest BCUT2D eigenvalue weighted by atomic mass is 32.2. The number of carbonyl (C=O) groups excluding carboxylic acids is 2. The molecule has 6 nitrogen and oxygen atoms in total. The van der Waals surface area contributed by atoms with E-state index in [0.29, 0.717) is 39.0 Å². The standard InChI is InChI=1S/C17H14N4O2S/c1-10-14(9-18)15(20-11(2)19-10)24-8-7-21-16(22)12-5-3-4-6-13(12)17(21)23/h3-6H,7-8H2,1-2H3. The Bertz CT molecular complexity index is 854. The molecule has 1 aromatic carbocycles. The van der Waals surface area contributed by atoms with Gasteiger partial charge in [-0.25, -0.2) is 9.97 Å². The number of nitriles is 1. The van der Waals surface area contributed by atoms with E-state index in [0.717, 1.165) is 0 Å². The van der Waals surface area contributed by atoms with Crippen LogP contribution in [0, 0.1) is 25.2 Å². The fraction of sp³-hybridized carbons (Fsp3) is 0.235. The molecule has 3 rings (SSSR count). The summed E-state index contributed by atoms with van der Waals surface area (Å²) in [5.74, 6) is 0.518. The van der Waals surface area contributed by atoms with Crippen molar-refractivity contribution in [3.05, 3.63) is 52.5 Å². The molecule has 2 amide bonds. The van der Waals surface area contributed by atoms with Crippen molar-refractivity contribution in [3.8, 4) is 6.07 Å². The summed E-state index contributed by atoms with van der Waals surface area (Å²) in [4.78, 5) is 34.3. The van der Waals surface area contributed by atoms with Gasteiger partial charge in [0, 0.05) is 12.3 Å². The second-order valence-corrected chi connectivity index (χ2v) is 6.39. The SMILES string of the molecule is Cc1nc(C)c(C#N)c(SCCN2C(=O)c3ccccc3C2=O)n1. The Labute approximate surface area is 143 Å². The Morgan fingerprint density at radius 1 is 1.12 bits per heavy atom. The molecule has 0 aliphatic carbocycles. The third-order valence-corrected chi connectivity index (χ3v) is 4.67. The summed E-state index contributed by atoms with van der Waals surface area (Å²) in [6.07, 6.45) is 0. The number of fused-ring (bicyclic) bond motifs is 1. The molecular formula is C17H14N4O2S. The summed E-state index contributed by atoms with van der Waals surface area (Å²) < 4.78 is 0. The van der Waals surface area contributed by atoms with Crippen molar-refractivity contribution in [3.63, 3.8) is 0 Å². The molecule has 0 unspecified atom stereocenters. The molecule has 2 aromatic rings. The number of rotatable bonds is 4. The number of benzene rings is 1. The van der Waals surface area contributed by atoms with Crippen LogP contribution in [0.5, 0.6) is 0 Å². The van der Waals surface area contributed by atoms with Crippen LogP contribution in [0.1, 0.15) is 37.8 Å². The highest BCUT2D eigenvalue weighted by Gasteiger charge is 2.34. The Morgan fingerprint density at radius 3 is 2.33 bits per heavy atom. The lowest BCUT2D eigenvalue weighted by atomic mass is 10.1. The van der Waals surface area contributed by atoms with Gasteiger partial charge in [-0.3, -0.25) is 14.5 Å². The molecule has 0 N–H and O–H groups in total. The summed E-state index contributed by atoms with van der Waals surface area (Å²) in [7, 11) is 0. The van der Waals surface area contributed by atoms with Crippen LogP contribution in [0.4, 0.5) is 0 Å². The second-order valence-electron chi connectivity index (χ2n) is 5.30. The predicted molar refractivity (Wildman–Crippen MR) is 88.8 cm³/mol. The molecular weight excluding hydrogens is 324 g/mol. The highest BCUT2D eigenvalue weighted by molar-refractivity contribution is 7.99. The molecule has 1 aliphatic rings. The number of hydrogen-bond acceptors (Lipinski definition) is 6. The quantitative estimate of drug-likeness (QED) is 0.483. The van der Waals surface area contributed by atoms with Gasteiger partial charge in [0.15, 0.2) is 0 Å². The minimum Gasteiger partial charge on any atom is -0.273 e. The Kier molecular flexibility index (Phi) is 4.32. The van der Waals surface area contributed by atoms with Gasteiger partial charge in [0.1, 0.15) is 22.5 Å². The van der Waals surface area contributed by atoms with Crippen molar-refractivity contribution >= 4 is 23.6 Å². The zero-order valence-electron chi connectivity index (χ0n) is 13.2. The Hall–Kier alpha value is -2.72. The van der Waals surface area contributed by atoms with Gasteiger partial charge in [-0.15, -0.1) is 11.8 Å². The number of aromatic nitrogens is 2. The number of aryl methyl sites for hydroxylation is 2. The zero-order valence-corrected chi connectivity index (χ0v) is 14.1. The summed E-state index contributed by atoms with van der Waals surface area (Å²) in [6, 6.07) is 8.92. The van der Waals surface area contributed by atoms with Crippen LogP contribution in [-0.2, 0) is 0 Å². The molecule has 24 heavy (non-hydrogen) atoms. The van der Waals surface area contributed by atoms with Crippen LogP contribution in [0.3, 0.4) is 0 Å². The smallest absolute Gasteiger partial charge is 0.261 e. The van der Waals surface area contributed by atoms with Crippen LogP contribution in [0.2, 0.25) is 0 Å². The molecule has 0 atom stereocenters. The van der Waals surface area contributed by atoms with Gasteiger partial charge >= 0.3 is 0 Å². The van der Waals surface area contributed by atoms with E-state index in [9.17, 15) is 14.9 Å². The first-order valence-electron chi connectivity index (χ1n) is 7.36. The summed E-state index contributed by atoms with van der Waals surface area (Å²) in [6.45, 7) is 3.80. The normalized spacial score (nSPS) is 13.1. The van der Waals surface area contributed by atoms with Crippen molar-refractivity contribution < 1.29 is 9.59 Å². The van der Waals surface area contributed by atoms with E-state index in [1.54, 1.807) is 38.1 Å². The van der Waals surface area contributed by atoms with Crippen LogP contribution in [0.15, 0.2) is 29.3 Å². The highest BCUT2D eigenvalue weighted by Crippen LogP contribution is 2.25. The second kappa shape index (κ2) is 6.42. The monoisotopic (exact) mass is 338 g/mol. The van der Waals surface area contributed by atoms with E-state index >= 15 is 0 Å². The van der Waals surface area contributed by atoms with Crippen molar-refractivity contribution in [1.29, 1.82) is 5.26 Å². The summed E-state index contributed by atoms with van der Waals surface area (Å²) in [5, 5.41) is 9.82. The lowest BCUT2D eigenvalue weighted by Gasteiger charge is -2.13. The average molecular weight is 338 g/mol. The van der Waals surface area contributed by atoms with E-state index in [1.807, 2.05) is 0 Å². The molecule has 0 saturated carbocycles. The lowest BCUT2D eigenvalue weighted by molar-refractivity contribution is 0.0664. The molecule has 0 bridgehead atoms. The van der Waals surface area contributed by atoms with Gasteiger partial charge in [-0.2, -0.15) is 5.26 Å². The molecule has 1 aromatic heterocycles. The average Bonchev–Trinajstić information content (AvgIpc) is 2.80. The van der Waals surface area contributed by atoms with Crippen LogP contribution >= 0.6 is 11.8 Å².